The molecule has 4 aromatic rings. The molecule has 0 atom stereocenters. The number of nitrogens with zero attached hydrogens (tertiary/aromatic N) is 1. The van der Waals surface area contributed by atoms with Crippen LogP contribution in [0.15, 0.2) is 73.6 Å². The number of aryl methyl sites for hydroxylation is 1. The van der Waals surface area contributed by atoms with Gasteiger partial charge in [0.25, 0.3) is 0 Å². The third-order valence-corrected chi connectivity index (χ3v) is 4.82. The number of H-pyrrole nitrogens is 1. The van der Waals surface area contributed by atoms with Gasteiger partial charge in [0, 0.05) is 63.8 Å². The molecule has 2 N–H and O–H groups in total. The monoisotopic (exact) mass is 468 g/mol. The fraction of sp³-hybridized carbons (Fsp3) is 0.167. The second kappa shape index (κ2) is 12.6. The molecule has 0 fully saturated rings. The Bertz CT molecular complexity index is 1100. The van der Waals surface area contributed by atoms with Crippen molar-refractivity contribution in [3.05, 3.63) is 84.7 Å². The van der Waals surface area contributed by atoms with Crippen LogP contribution in [0, 0.1) is 0 Å². The van der Waals surface area contributed by atoms with Gasteiger partial charge < -0.3 is 14.7 Å². The molecule has 2 aromatic heterocycles. The molecule has 2 heterocycles. The topological polar surface area (TPSA) is 75.1 Å². The smallest absolute Gasteiger partial charge is 0.152 e. The van der Waals surface area contributed by atoms with Gasteiger partial charge >= 0.3 is 0 Å². The summed E-state index contributed by atoms with van der Waals surface area (Å²) in [5.74, 6) is 0. The average Bonchev–Trinajstić information content (AvgIpc) is 3.39. The van der Waals surface area contributed by atoms with E-state index in [0.29, 0.717) is 12.0 Å². The number of nitrogens with one attached hydrogen (secondary N) is 1. The van der Waals surface area contributed by atoms with Crippen LogP contribution in [0.5, 0.6) is 0 Å². The molecule has 30 heavy (non-hydrogen) atoms. The van der Waals surface area contributed by atoms with Crippen LogP contribution in [0.1, 0.15) is 27.1 Å². The summed E-state index contributed by atoms with van der Waals surface area (Å²) >= 11 is 3.13. The molecule has 0 aliphatic heterocycles. The first-order valence-corrected chi connectivity index (χ1v) is 10.6. The molecule has 0 saturated heterocycles. The number of hydrogen-bond donors (Lipinski definition) is 2. The van der Waals surface area contributed by atoms with E-state index < -0.39 is 0 Å². The zero-order valence-electron chi connectivity index (χ0n) is 16.6. The summed E-state index contributed by atoms with van der Waals surface area (Å²) in [4.78, 5) is 24.3. The summed E-state index contributed by atoms with van der Waals surface area (Å²) in [5, 5.41) is 11.6. The molecule has 0 spiro atoms. The molecule has 4 rings (SSSR count). The van der Waals surface area contributed by atoms with Gasteiger partial charge in [0.1, 0.15) is 0 Å². The minimum atomic E-state index is 0.170. The lowest BCUT2D eigenvalue weighted by Gasteiger charge is -2.02. The van der Waals surface area contributed by atoms with E-state index in [1.165, 1.54) is 0 Å². The van der Waals surface area contributed by atoms with Gasteiger partial charge in [-0.2, -0.15) is 0 Å². The Hall–Kier alpha value is -2.96. The lowest BCUT2D eigenvalue weighted by molar-refractivity contribution is 0.111. The van der Waals surface area contributed by atoms with Crippen molar-refractivity contribution < 1.29 is 14.7 Å². The van der Waals surface area contributed by atoms with Crippen LogP contribution in [-0.2, 0) is 6.54 Å². The number of aromatic nitrogens is 2. The highest BCUT2D eigenvalue weighted by Crippen LogP contribution is 2.20. The number of alkyl halides is 1. The number of allylic oxidation sites excluding steroid dienone is 1. The van der Waals surface area contributed by atoms with Crippen molar-refractivity contribution in [3.8, 4) is 0 Å². The SMILES string of the molecule is C=CCBr.O=Cc1c[nH]c2ccccc12.O=Cc1cn(CCCO)c2ccccc12. The molecule has 156 valence electrons. The molecular formula is C24H25BrN2O3. The van der Waals surface area contributed by atoms with Gasteiger partial charge in [-0.15, -0.1) is 6.58 Å². The number of aldehydes is 2. The van der Waals surface area contributed by atoms with E-state index in [9.17, 15) is 9.59 Å². The van der Waals surface area contributed by atoms with Crippen LogP contribution in [0.3, 0.4) is 0 Å². The lowest BCUT2D eigenvalue weighted by Crippen LogP contribution is -1.97. The van der Waals surface area contributed by atoms with Crippen molar-refractivity contribution in [2.45, 2.75) is 13.0 Å². The molecule has 6 heteroatoms. The van der Waals surface area contributed by atoms with Gasteiger partial charge in [-0.25, -0.2) is 0 Å². The highest BCUT2D eigenvalue weighted by atomic mass is 79.9. The van der Waals surface area contributed by atoms with Crippen LogP contribution in [-0.4, -0.2) is 39.2 Å². The molecule has 0 radical (unpaired) electrons. The number of hydrogen-bond acceptors (Lipinski definition) is 3. The zero-order chi connectivity index (χ0) is 21.8. The first kappa shape index (κ1) is 23.3. The van der Waals surface area contributed by atoms with Gasteiger partial charge in [-0.3, -0.25) is 9.59 Å². The van der Waals surface area contributed by atoms with E-state index >= 15 is 0 Å². The number of fused-ring (bicyclic) bond motifs is 2. The van der Waals surface area contributed by atoms with Crippen molar-refractivity contribution in [2.24, 2.45) is 0 Å². The summed E-state index contributed by atoms with van der Waals surface area (Å²) in [6.45, 7) is 4.34. The van der Waals surface area contributed by atoms with E-state index in [2.05, 4.69) is 27.5 Å². The molecular weight excluding hydrogens is 444 g/mol. The van der Waals surface area contributed by atoms with E-state index in [4.69, 9.17) is 5.11 Å². The number of carbonyl (C=O) groups excluding carboxylic acids is 2. The number of aliphatic hydroxyl groups is 1. The van der Waals surface area contributed by atoms with E-state index in [1.54, 1.807) is 12.3 Å². The Morgan fingerprint density at radius 2 is 1.63 bits per heavy atom. The third kappa shape index (κ3) is 6.02. The van der Waals surface area contributed by atoms with Crippen molar-refractivity contribution >= 4 is 50.3 Å². The van der Waals surface area contributed by atoms with Gasteiger partial charge in [0.2, 0.25) is 0 Å². The predicted octanol–water partition coefficient (Wildman–Crippen LogP) is 5.38. The van der Waals surface area contributed by atoms with Crippen LogP contribution >= 0.6 is 15.9 Å². The summed E-state index contributed by atoms with van der Waals surface area (Å²) in [5.41, 5.74) is 3.49. The zero-order valence-corrected chi connectivity index (χ0v) is 18.2. The maximum absolute atomic E-state index is 10.8. The number of aromatic amines is 1. The minimum Gasteiger partial charge on any atom is -0.396 e. The number of para-hydroxylation sites is 2. The summed E-state index contributed by atoms with van der Waals surface area (Å²) in [6.07, 6.45) is 7.79. The maximum atomic E-state index is 10.8. The fourth-order valence-corrected chi connectivity index (χ4v) is 2.99. The molecule has 0 amide bonds. The normalized spacial score (nSPS) is 9.93. The molecule has 2 aromatic carbocycles. The molecule has 0 bridgehead atoms. The lowest BCUT2D eigenvalue weighted by atomic mass is 10.2. The summed E-state index contributed by atoms with van der Waals surface area (Å²) in [6, 6.07) is 15.5. The highest BCUT2D eigenvalue weighted by Gasteiger charge is 2.06. The Morgan fingerprint density at radius 3 is 2.27 bits per heavy atom. The van der Waals surface area contributed by atoms with Gasteiger partial charge in [-0.1, -0.05) is 58.4 Å². The predicted molar refractivity (Wildman–Crippen MR) is 127 cm³/mol. The number of halogens is 1. The van der Waals surface area contributed by atoms with Crippen molar-refractivity contribution in [1.29, 1.82) is 0 Å². The molecule has 5 nitrogen and oxygen atoms in total. The quantitative estimate of drug-likeness (QED) is 0.226. The molecule has 0 aliphatic rings. The van der Waals surface area contributed by atoms with Crippen molar-refractivity contribution in [1.82, 2.24) is 9.55 Å². The van der Waals surface area contributed by atoms with Gasteiger partial charge in [-0.05, 0) is 18.6 Å². The Kier molecular flexibility index (Phi) is 9.77. The minimum absolute atomic E-state index is 0.170. The summed E-state index contributed by atoms with van der Waals surface area (Å²) in [7, 11) is 0. The molecule has 0 unspecified atom stereocenters. The average molecular weight is 469 g/mol. The Labute approximate surface area is 184 Å². The molecule has 0 saturated carbocycles. The van der Waals surface area contributed by atoms with Crippen LogP contribution in [0.4, 0.5) is 0 Å². The standard InChI is InChI=1S/C12H13NO2.C9H7NO.C3H5Br/c14-7-3-6-13-8-10(9-15)11-4-1-2-5-12(11)13;11-6-7-5-10-9-4-2-1-3-8(7)9;1-2-3-4/h1-2,4-5,8-9,14H,3,6-7H2;1-6,10H;2H,1,3H2. The number of benzene rings is 2. The summed E-state index contributed by atoms with van der Waals surface area (Å²) < 4.78 is 2.01. The first-order valence-electron chi connectivity index (χ1n) is 9.52. The van der Waals surface area contributed by atoms with Crippen molar-refractivity contribution in [2.75, 3.05) is 11.9 Å². The fourth-order valence-electron chi connectivity index (χ4n) is 2.99. The van der Waals surface area contributed by atoms with Crippen LogP contribution in [0.25, 0.3) is 21.8 Å². The second-order valence-corrected chi connectivity index (χ2v) is 6.99. The number of aliphatic hydroxyl groups excluding tert-OH is 1. The van der Waals surface area contributed by atoms with E-state index in [0.717, 1.165) is 51.8 Å². The Balaban J connectivity index is 0.000000187. The number of rotatable bonds is 6. The van der Waals surface area contributed by atoms with Crippen LogP contribution in [0.2, 0.25) is 0 Å². The maximum Gasteiger partial charge on any atom is 0.152 e. The second-order valence-electron chi connectivity index (χ2n) is 6.34. The van der Waals surface area contributed by atoms with Gasteiger partial charge in [0.05, 0.1) is 0 Å². The van der Waals surface area contributed by atoms with Crippen LogP contribution < -0.4 is 0 Å². The first-order chi connectivity index (χ1) is 14.7. The number of carbonyl (C=O) groups is 2. The van der Waals surface area contributed by atoms with Gasteiger partial charge in [0.15, 0.2) is 12.6 Å². The Morgan fingerprint density at radius 1 is 1.00 bits per heavy atom. The largest absolute Gasteiger partial charge is 0.396 e. The van der Waals surface area contributed by atoms with E-state index in [1.807, 2.05) is 59.3 Å². The molecule has 0 aliphatic carbocycles. The van der Waals surface area contributed by atoms with E-state index in [-0.39, 0.29) is 6.61 Å². The van der Waals surface area contributed by atoms with Crippen molar-refractivity contribution in [3.63, 3.8) is 0 Å². The third-order valence-electron chi connectivity index (χ3n) is 4.36. The highest BCUT2D eigenvalue weighted by molar-refractivity contribution is 9.09.